The zero-order valence-electron chi connectivity index (χ0n) is 11.2. The third kappa shape index (κ3) is 3.83. The summed E-state index contributed by atoms with van der Waals surface area (Å²) in [5.41, 5.74) is 1.62. The lowest BCUT2D eigenvalue weighted by molar-refractivity contribution is 0.480. The van der Waals surface area contributed by atoms with Gasteiger partial charge >= 0.3 is 0 Å². The van der Waals surface area contributed by atoms with Crippen LogP contribution in [0.5, 0.6) is 11.5 Å². The molecule has 3 nitrogen and oxygen atoms in total. The minimum atomic E-state index is 0.545. The summed E-state index contributed by atoms with van der Waals surface area (Å²) >= 11 is 3.38. The van der Waals surface area contributed by atoms with Crippen molar-refractivity contribution in [1.82, 2.24) is 5.32 Å². The van der Waals surface area contributed by atoms with Crippen LogP contribution in [-0.2, 0) is 6.54 Å². The molecule has 0 fully saturated rings. The van der Waals surface area contributed by atoms with E-state index in [0.29, 0.717) is 17.1 Å². The number of hydrogen-bond donors (Lipinski definition) is 1. The molecule has 0 heterocycles. The summed E-state index contributed by atoms with van der Waals surface area (Å²) in [5, 5.41) is 12.5. The van der Waals surface area contributed by atoms with Gasteiger partial charge in [0.1, 0.15) is 17.6 Å². The highest BCUT2D eigenvalue weighted by molar-refractivity contribution is 9.10. The largest absolute Gasteiger partial charge is 0.456 e. The second-order valence-electron chi connectivity index (χ2n) is 4.28. The van der Waals surface area contributed by atoms with E-state index in [9.17, 15) is 5.26 Å². The van der Waals surface area contributed by atoms with E-state index in [1.54, 1.807) is 0 Å². The molecule has 0 radical (unpaired) electrons. The van der Waals surface area contributed by atoms with Crippen molar-refractivity contribution in [2.75, 3.05) is 6.54 Å². The SMILES string of the molecule is CCNCc1ccc(Oc2ccc(Br)cc2)c(C#N)c1. The van der Waals surface area contributed by atoms with Gasteiger partial charge in [0.15, 0.2) is 0 Å². The number of rotatable bonds is 5. The Morgan fingerprint density at radius 1 is 1.20 bits per heavy atom. The Balaban J connectivity index is 2.19. The van der Waals surface area contributed by atoms with Crippen LogP contribution < -0.4 is 10.1 Å². The molecule has 0 aliphatic rings. The van der Waals surface area contributed by atoms with Crippen LogP contribution in [0.15, 0.2) is 46.9 Å². The van der Waals surface area contributed by atoms with Gasteiger partial charge in [0, 0.05) is 11.0 Å². The molecule has 0 saturated heterocycles. The molecular formula is C16H15BrN2O. The molecule has 102 valence electrons. The first-order valence-electron chi connectivity index (χ1n) is 6.40. The van der Waals surface area contributed by atoms with Crippen molar-refractivity contribution in [3.05, 3.63) is 58.1 Å². The Bertz CT molecular complexity index is 617. The van der Waals surface area contributed by atoms with Crippen LogP contribution in [0, 0.1) is 11.3 Å². The van der Waals surface area contributed by atoms with Crippen LogP contribution in [0.4, 0.5) is 0 Å². The molecule has 0 aliphatic heterocycles. The highest BCUT2D eigenvalue weighted by Gasteiger charge is 2.06. The van der Waals surface area contributed by atoms with E-state index in [0.717, 1.165) is 23.1 Å². The number of nitriles is 1. The summed E-state index contributed by atoms with van der Waals surface area (Å²) in [5.74, 6) is 1.29. The fourth-order valence-corrected chi connectivity index (χ4v) is 2.03. The van der Waals surface area contributed by atoms with Gasteiger partial charge in [0.25, 0.3) is 0 Å². The Morgan fingerprint density at radius 3 is 2.60 bits per heavy atom. The number of nitrogens with zero attached hydrogens (tertiary/aromatic N) is 1. The van der Waals surface area contributed by atoms with Crippen LogP contribution in [-0.4, -0.2) is 6.54 Å². The average Bonchev–Trinajstić information content (AvgIpc) is 2.48. The molecule has 0 aliphatic carbocycles. The van der Waals surface area contributed by atoms with Crippen molar-refractivity contribution in [3.8, 4) is 17.6 Å². The Morgan fingerprint density at radius 2 is 1.95 bits per heavy atom. The molecule has 2 aromatic carbocycles. The predicted octanol–water partition coefficient (Wildman–Crippen LogP) is 4.22. The van der Waals surface area contributed by atoms with Gasteiger partial charge in [-0.25, -0.2) is 0 Å². The first kappa shape index (κ1) is 14.6. The maximum atomic E-state index is 9.23. The van der Waals surface area contributed by atoms with Crippen molar-refractivity contribution in [2.24, 2.45) is 0 Å². The van der Waals surface area contributed by atoms with Crippen LogP contribution >= 0.6 is 15.9 Å². The van der Waals surface area contributed by atoms with Gasteiger partial charge in [0.05, 0.1) is 5.56 Å². The fraction of sp³-hybridized carbons (Fsp3) is 0.188. The Hall–Kier alpha value is -1.83. The molecule has 4 heteroatoms. The monoisotopic (exact) mass is 330 g/mol. The zero-order chi connectivity index (χ0) is 14.4. The lowest BCUT2D eigenvalue weighted by Crippen LogP contribution is -2.11. The standard InChI is InChI=1S/C16H15BrN2O/c1-2-19-11-12-3-8-16(13(9-12)10-18)20-15-6-4-14(17)5-7-15/h3-9,19H,2,11H2,1H3. The Kier molecular flexibility index (Phi) is 5.16. The summed E-state index contributed by atoms with van der Waals surface area (Å²) in [4.78, 5) is 0. The maximum Gasteiger partial charge on any atom is 0.145 e. The topological polar surface area (TPSA) is 45.0 Å². The predicted molar refractivity (Wildman–Crippen MR) is 82.8 cm³/mol. The van der Waals surface area contributed by atoms with Gasteiger partial charge in [-0.1, -0.05) is 28.9 Å². The normalized spacial score (nSPS) is 10.1. The van der Waals surface area contributed by atoms with Gasteiger partial charge in [-0.15, -0.1) is 0 Å². The van der Waals surface area contributed by atoms with Crippen LogP contribution in [0.3, 0.4) is 0 Å². The van der Waals surface area contributed by atoms with E-state index >= 15 is 0 Å². The highest BCUT2D eigenvalue weighted by Crippen LogP contribution is 2.27. The summed E-state index contributed by atoms with van der Waals surface area (Å²) in [7, 11) is 0. The third-order valence-corrected chi connectivity index (χ3v) is 3.31. The Labute approximate surface area is 127 Å². The van der Waals surface area contributed by atoms with Gasteiger partial charge in [-0.05, 0) is 48.5 Å². The smallest absolute Gasteiger partial charge is 0.145 e. The second kappa shape index (κ2) is 7.09. The van der Waals surface area contributed by atoms with Crippen LogP contribution in [0.2, 0.25) is 0 Å². The number of hydrogen-bond acceptors (Lipinski definition) is 3. The summed E-state index contributed by atoms with van der Waals surface area (Å²) in [6.07, 6.45) is 0. The molecule has 0 atom stereocenters. The first-order valence-corrected chi connectivity index (χ1v) is 7.19. The van der Waals surface area contributed by atoms with Crippen LogP contribution in [0.1, 0.15) is 18.1 Å². The first-order chi connectivity index (χ1) is 9.72. The van der Waals surface area contributed by atoms with Crippen molar-refractivity contribution in [1.29, 1.82) is 5.26 Å². The van der Waals surface area contributed by atoms with Crippen LogP contribution in [0.25, 0.3) is 0 Å². The minimum Gasteiger partial charge on any atom is -0.456 e. The average molecular weight is 331 g/mol. The van der Waals surface area contributed by atoms with Crippen molar-refractivity contribution < 1.29 is 4.74 Å². The van der Waals surface area contributed by atoms with E-state index in [-0.39, 0.29) is 0 Å². The molecule has 0 unspecified atom stereocenters. The van der Waals surface area contributed by atoms with E-state index in [1.165, 1.54) is 0 Å². The van der Waals surface area contributed by atoms with Gasteiger partial charge in [-0.3, -0.25) is 0 Å². The molecule has 0 amide bonds. The number of nitrogens with one attached hydrogen (secondary N) is 1. The molecule has 2 aromatic rings. The molecule has 0 spiro atoms. The fourth-order valence-electron chi connectivity index (χ4n) is 1.76. The van der Waals surface area contributed by atoms with Gasteiger partial charge in [-0.2, -0.15) is 5.26 Å². The summed E-state index contributed by atoms with van der Waals surface area (Å²) < 4.78 is 6.74. The lowest BCUT2D eigenvalue weighted by atomic mass is 10.1. The van der Waals surface area contributed by atoms with Crippen molar-refractivity contribution in [3.63, 3.8) is 0 Å². The van der Waals surface area contributed by atoms with E-state index < -0.39 is 0 Å². The van der Waals surface area contributed by atoms with E-state index in [4.69, 9.17) is 4.74 Å². The summed E-state index contributed by atoms with van der Waals surface area (Å²) in [6.45, 7) is 3.71. The summed E-state index contributed by atoms with van der Waals surface area (Å²) in [6, 6.07) is 15.4. The number of halogens is 1. The van der Waals surface area contributed by atoms with E-state index in [1.807, 2.05) is 42.5 Å². The zero-order valence-corrected chi connectivity index (χ0v) is 12.8. The quantitative estimate of drug-likeness (QED) is 0.892. The molecule has 1 N–H and O–H groups in total. The molecular weight excluding hydrogens is 316 g/mol. The number of benzene rings is 2. The second-order valence-corrected chi connectivity index (χ2v) is 5.19. The number of ether oxygens (including phenoxy) is 1. The molecule has 0 aromatic heterocycles. The third-order valence-electron chi connectivity index (χ3n) is 2.78. The lowest BCUT2D eigenvalue weighted by Gasteiger charge is -2.09. The van der Waals surface area contributed by atoms with Gasteiger partial charge < -0.3 is 10.1 Å². The minimum absolute atomic E-state index is 0.545. The molecule has 0 saturated carbocycles. The maximum absolute atomic E-state index is 9.23. The molecule has 2 rings (SSSR count). The van der Waals surface area contributed by atoms with Crippen molar-refractivity contribution in [2.45, 2.75) is 13.5 Å². The van der Waals surface area contributed by atoms with Gasteiger partial charge in [0.2, 0.25) is 0 Å². The van der Waals surface area contributed by atoms with Crippen molar-refractivity contribution >= 4 is 15.9 Å². The highest BCUT2D eigenvalue weighted by atomic mass is 79.9. The van der Waals surface area contributed by atoms with E-state index in [2.05, 4.69) is 34.2 Å². The molecule has 0 bridgehead atoms. The molecule has 20 heavy (non-hydrogen) atoms.